The predicted molar refractivity (Wildman–Crippen MR) is 61.1 cm³/mol. The lowest BCUT2D eigenvalue weighted by Gasteiger charge is -1.96. The summed E-state index contributed by atoms with van der Waals surface area (Å²) in [5, 5.41) is 3.98. The third-order valence-corrected chi connectivity index (χ3v) is 2.51. The number of hydrogen-bond acceptors (Lipinski definition) is 2. The van der Waals surface area contributed by atoms with Gasteiger partial charge in [0.1, 0.15) is 5.84 Å². The van der Waals surface area contributed by atoms with E-state index in [0.29, 0.717) is 5.84 Å². The highest BCUT2D eigenvalue weighted by molar-refractivity contribution is 7.08. The first kappa shape index (κ1) is 8.97. The molecule has 14 heavy (non-hydrogen) atoms. The van der Waals surface area contributed by atoms with Crippen molar-refractivity contribution in [2.45, 2.75) is 0 Å². The van der Waals surface area contributed by atoms with Crippen LogP contribution in [0.3, 0.4) is 0 Å². The minimum Gasteiger partial charge on any atom is -0.383 e. The zero-order chi connectivity index (χ0) is 9.80. The lowest BCUT2D eigenvalue weighted by molar-refractivity contribution is 1.47. The van der Waals surface area contributed by atoms with Gasteiger partial charge in [0.25, 0.3) is 0 Å². The lowest BCUT2D eigenvalue weighted by atomic mass is 10.3. The molecule has 2 N–H and O–H groups in total. The maximum absolute atomic E-state index is 5.83. The SMILES string of the molecule is NC(=Nc1ccccc1)c1ccsc1. The highest BCUT2D eigenvalue weighted by atomic mass is 32.1. The molecular formula is C11H10N2S. The number of benzene rings is 1. The highest BCUT2D eigenvalue weighted by Crippen LogP contribution is 2.12. The Morgan fingerprint density at radius 3 is 2.57 bits per heavy atom. The molecule has 0 bridgehead atoms. The molecule has 0 radical (unpaired) electrons. The van der Waals surface area contributed by atoms with Crippen molar-refractivity contribution in [3.8, 4) is 0 Å². The summed E-state index contributed by atoms with van der Waals surface area (Å²) in [6.45, 7) is 0. The number of nitrogens with two attached hydrogens (primary N) is 1. The van der Waals surface area contributed by atoms with Crippen LogP contribution in [0.1, 0.15) is 5.56 Å². The second-order valence-corrected chi connectivity index (χ2v) is 3.62. The van der Waals surface area contributed by atoms with Crippen molar-refractivity contribution in [2.24, 2.45) is 10.7 Å². The van der Waals surface area contributed by atoms with Crippen molar-refractivity contribution in [1.29, 1.82) is 0 Å². The van der Waals surface area contributed by atoms with E-state index in [1.807, 2.05) is 47.2 Å². The summed E-state index contributed by atoms with van der Waals surface area (Å²) in [6.07, 6.45) is 0. The van der Waals surface area contributed by atoms with E-state index in [9.17, 15) is 0 Å². The number of thiophene rings is 1. The fourth-order valence-corrected chi connectivity index (χ4v) is 1.77. The van der Waals surface area contributed by atoms with Gasteiger partial charge in [-0.05, 0) is 23.6 Å². The third kappa shape index (κ3) is 2.00. The molecule has 1 aromatic heterocycles. The van der Waals surface area contributed by atoms with Crippen molar-refractivity contribution >= 4 is 22.9 Å². The zero-order valence-electron chi connectivity index (χ0n) is 7.55. The third-order valence-electron chi connectivity index (χ3n) is 1.82. The van der Waals surface area contributed by atoms with Crippen molar-refractivity contribution in [3.05, 3.63) is 52.7 Å². The second kappa shape index (κ2) is 4.07. The van der Waals surface area contributed by atoms with Crippen LogP contribution in [0.5, 0.6) is 0 Å². The molecule has 2 nitrogen and oxygen atoms in total. The predicted octanol–water partition coefficient (Wildman–Crippen LogP) is 2.79. The Morgan fingerprint density at radius 2 is 1.93 bits per heavy atom. The van der Waals surface area contributed by atoms with E-state index in [-0.39, 0.29) is 0 Å². The molecule has 0 fully saturated rings. The number of aliphatic imine (C=N–C) groups is 1. The Hall–Kier alpha value is -1.61. The molecule has 2 aromatic rings. The monoisotopic (exact) mass is 202 g/mol. The topological polar surface area (TPSA) is 38.4 Å². The van der Waals surface area contributed by atoms with E-state index >= 15 is 0 Å². The van der Waals surface area contributed by atoms with Gasteiger partial charge >= 0.3 is 0 Å². The first-order chi connectivity index (χ1) is 6.86. The quantitative estimate of drug-likeness (QED) is 0.590. The molecular weight excluding hydrogens is 192 g/mol. The van der Waals surface area contributed by atoms with E-state index in [4.69, 9.17) is 5.73 Å². The van der Waals surface area contributed by atoms with Gasteiger partial charge in [-0.25, -0.2) is 4.99 Å². The van der Waals surface area contributed by atoms with Crippen LogP contribution in [-0.2, 0) is 0 Å². The molecule has 70 valence electrons. The minimum atomic E-state index is 0.567. The van der Waals surface area contributed by atoms with Crippen LogP contribution in [0.25, 0.3) is 0 Å². The van der Waals surface area contributed by atoms with E-state index in [1.165, 1.54) is 0 Å². The summed E-state index contributed by atoms with van der Waals surface area (Å²) in [7, 11) is 0. The maximum Gasteiger partial charge on any atom is 0.132 e. The smallest absolute Gasteiger partial charge is 0.132 e. The van der Waals surface area contributed by atoms with Crippen LogP contribution in [-0.4, -0.2) is 5.84 Å². The van der Waals surface area contributed by atoms with Gasteiger partial charge in [-0.3, -0.25) is 0 Å². The number of para-hydroxylation sites is 1. The molecule has 0 aliphatic heterocycles. The normalized spacial score (nSPS) is 11.6. The summed E-state index contributed by atoms with van der Waals surface area (Å²) in [4.78, 5) is 4.30. The Labute approximate surface area is 86.7 Å². The largest absolute Gasteiger partial charge is 0.383 e. The summed E-state index contributed by atoms with van der Waals surface area (Å²) >= 11 is 1.62. The maximum atomic E-state index is 5.83. The Kier molecular flexibility index (Phi) is 2.60. The Bertz CT molecular complexity index is 418. The lowest BCUT2D eigenvalue weighted by Crippen LogP contribution is -2.11. The molecule has 0 amide bonds. The van der Waals surface area contributed by atoms with Crippen molar-refractivity contribution in [3.63, 3.8) is 0 Å². The van der Waals surface area contributed by atoms with Gasteiger partial charge in [-0.1, -0.05) is 18.2 Å². The first-order valence-corrected chi connectivity index (χ1v) is 5.22. The number of hydrogen-bond donors (Lipinski definition) is 1. The molecule has 0 saturated carbocycles. The fourth-order valence-electron chi connectivity index (χ4n) is 1.12. The second-order valence-electron chi connectivity index (χ2n) is 2.84. The van der Waals surface area contributed by atoms with Crippen LogP contribution in [0.15, 0.2) is 52.2 Å². The fraction of sp³-hybridized carbons (Fsp3) is 0. The highest BCUT2D eigenvalue weighted by Gasteiger charge is 1.97. The van der Waals surface area contributed by atoms with Gasteiger partial charge in [0.05, 0.1) is 5.69 Å². The van der Waals surface area contributed by atoms with Crippen molar-refractivity contribution in [1.82, 2.24) is 0 Å². The Morgan fingerprint density at radius 1 is 1.14 bits per heavy atom. The molecule has 0 aliphatic rings. The molecule has 1 heterocycles. The van der Waals surface area contributed by atoms with Gasteiger partial charge in [0.15, 0.2) is 0 Å². The van der Waals surface area contributed by atoms with E-state index < -0.39 is 0 Å². The van der Waals surface area contributed by atoms with Crippen LogP contribution in [0.2, 0.25) is 0 Å². The van der Waals surface area contributed by atoms with Crippen molar-refractivity contribution in [2.75, 3.05) is 0 Å². The molecule has 0 unspecified atom stereocenters. The zero-order valence-corrected chi connectivity index (χ0v) is 8.37. The molecule has 2 rings (SSSR count). The van der Waals surface area contributed by atoms with Gasteiger partial charge in [0.2, 0.25) is 0 Å². The minimum absolute atomic E-state index is 0.567. The van der Waals surface area contributed by atoms with Gasteiger partial charge in [-0.15, -0.1) is 0 Å². The number of nitrogens with zero attached hydrogens (tertiary/aromatic N) is 1. The number of amidine groups is 1. The summed E-state index contributed by atoms with van der Waals surface area (Å²) in [5.74, 6) is 0.567. The van der Waals surface area contributed by atoms with Crippen LogP contribution in [0.4, 0.5) is 5.69 Å². The number of rotatable bonds is 2. The average molecular weight is 202 g/mol. The van der Waals surface area contributed by atoms with Crippen LogP contribution in [0, 0.1) is 0 Å². The molecule has 0 atom stereocenters. The van der Waals surface area contributed by atoms with Gasteiger partial charge in [-0.2, -0.15) is 11.3 Å². The summed E-state index contributed by atoms with van der Waals surface area (Å²) < 4.78 is 0. The average Bonchev–Trinajstić information content (AvgIpc) is 2.72. The molecule has 0 aliphatic carbocycles. The van der Waals surface area contributed by atoms with Crippen LogP contribution >= 0.6 is 11.3 Å². The van der Waals surface area contributed by atoms with E-state index in [1.54, 1.807) is 11.3 Å². The summed E-state index contributed by atoms with van der Waals surface area (Å²) in [6, 6.07) is 11.7. The molecule has 0 saturated heterocycles. The standard InChI is InChI=1S/C11H10N2S/c12-11(9-6-7-14-8-9)13-10-4-2-1-3-5-10/h1-8H,(H2,12,13). The molecule has 0 spiro atoms. The first-order valence-electron chi connectivity index (χ1n) is 4.28. The summed E-state index contributed by atoms with van der Waals surface area (Å²) in [5.41, 5.74) is 7.70. The molecule has 3 heteroatoms. The van der Waals surface area contributed by atoms with Gasteiger partial charge in [0, 0.05) is 10.9 Å². The van der Waals surface area contributed by atoms with Gasteiger partial charge < -0.3 is 5.73 Å². The van der Waals surface area contributed by atoms with Crippen LogP contribution < -0.4 is 5.73 Å². The Balaban J connectivity index is 2.28. The van der Waals surface area contributed by atoms with Crippen molar-refractivity contribution < 1.29 is 0 Å². The van der Waals surface area contributed by atoms with E-state index in [0.717, 1.165) is 11.3 Å². The van der Waals surface area contributed by atoms with E-state index in [2.05, 4.69) is 4.99 Å². The molecule has 1 aromatic carbocycles.